The number of carboxylic acids is 2. The Hall–Kier alpha value is -3.44. The highest BCUT2D eigenvalue weighted by atomic mass is 32.2. The Kier molecular flexibility index (Phi) is 6.04. The zero-order valence-electron chi connectivity index (χ0n) is 16.4. The molecule has 158 valence electrons. The molecule has 1 aromatic heterocycles. The topological polar surface area (TPSA) is 157 Å². The maximum absolute atomic E-state index is 11.9. The summed E-state index contributed by atoms with van der Waals surface area (Å²) in [6.45, 7) is 5.25. The molecule has 1 atom stereocenters. The first-order valence-electron chi connectivity index (χ1n) is 8.97. The Morgan fingerprint density at radius 3 is 2.40 bits per heavy atom. The van der Waals surface area contributed by atoms with E-state index < -0.39 is 29.0 Å². The molecule has 0 spiro atoms. The number of aromatic nitrogens is 2. The second-order valence-electron chi connectivity index (χ2n) is 6.50. The average molecular weight is 432 g/mol. The number of carbonyl (C=O) groups is 2. The molecular formula is C19H20N4O6S. The monoisotopic (exact) mass is 432 g/mol. The molecule has 11 heteroatoms. The minimum atomic E-state index is -1.79. The van der Waals surface area contributed by atoms with Gasteiger partial charge in [-0.2, -0.15) is 0 Å². The highest BCUT2D eigenvalue weighted by Gasteiger charge is 2.36. The van der Waals surface area contributed by atoms with Crippen molar-refractivity contribution in [1.82, 2.24) is 14.1 Å². The van der Waals surface area contributed by atoms with Gasteiger partial charge in [-0.3, -0.25) is 0 Å². The van der Waals surface area contributed by atoms with Gasteiger partial charge < -0.3 is 30.1 Å². The highest BCUT2D eigenvalue weighted by molar-refractivity contribution is 7.14. The van der Waals surface area contributed by atoms with Crippen molar-refractivity contribution in [2.45, 2.75) is 26.7 Å². The zero-order valence-corrected chi connectivity index (χ0v) is 17.2. The quantitative estimate of drug-likeness (QED) is 0.480. The molecule has 3 rings (SSSR count). The van der Waals surface area contributed by atoms with Crippen molar-refractivity contribution in [1.29, 1.82) is 0 Å². The van der Waals surface area contributed by atoms with Crippen molar-refractivity contribution in [2.75, 3.05) is 11.9 Å². The largest absolute Gasteiger partial charge is 0.546 e. The van der Waals surface area contributed by atoms with Gasteiger partial charge in [0.25, 0.3) is 5.82 Å². The summed E-state index contributed by atoms with van der Waals surface area (Å²) in [5, 5.41) is 25.3. The van der Waals surface area contributed by atoms with Gasteiger partial charge >= 0.3 is 17.8 Å². The third kappa shape index (κ3) is 4.11. The molecule has 1 unspecified atom stereocenters. The fourth-order valence-corrected chi connectivity index (χ4v) is 3.99. The van der Waals surface area contributed by atoms with Crippen molar-refractivity contribution in [3.05, 3.63) is 52.4 Å². The van der Waals surface area contributed by atoms with Crippen molar-refractivity contribution < 1.29 is 29.1 Å². The lowest BCUT2D eigenvalue weighted by atomic mass is 9.80. The molecule has 1 aromatic carbocycles. The fraction of sp³-hybridized carbons (Fsp3) is 0.263. The molecular weight excluding hydrogens is 412 g/mol. The molecule has 0 aliphatic carbocycles. The average Bonchev–Trinajstić information content (AvgIpc) is 2.99. The van der Waals surface area contributed by atoms with Crippen LogP contribution in [-0.4, -0.2) is 42.1 Å². The number of hydrogen-bond donors (Lipinski definition) is 4. The van der Waals surface area contributed by atoms with Gasteiger partial charge in [0.15, 0.2) is 11.1 Å². The van der Waals surface area contributed by atoms with E-state index in [1.807, 2.05) is 0 Å². The summed E-state index contributed by atoms with van der Waals surface area (Å²) in [5.41, 5.74) is 1.59. The van der Waals surface area contributed by atoms with Crippen LogP contribution in [0, 0.1) is 0 Å². The van der Waals surface area contributed by atoms with Crippen molar-refractivity contribution in [3.63, 3.8) is 0 Å². The number of allylic oxidation sites excluding steroid dienone is 2. The number of rotatable bonds is 7. The number of carboxylic acid groups (broad SMARTS) is 2. The zero-order chi connectivity index (χ0) is 22.0. The summed E-state index contributed by atoms with van der Waals surface area (Å²) in [5.74, 6) is -3.13. The summed E-state index contributed by atoms with van der Waals surface area (Å²) >= 11 is -1.79. The molecule has 1 aliphatic heterocycles. The van der Waals surface area contributed by atoms with Crippen molar-refractivity contribution in [2.24, 2.45) is 0 Å². The summed E-state index contributed by atoms with van der Waals surface area (Å²) in [4.78, 5) is 23.8. The molecule has 0 saturated heterocycles. The van der Waals surface area contributed by atoms with Gasteiger partial charge in [-0.05, 0) is 38.5 Å². The molecule has 0 saturated carbocycles. The predicted molar refractivity (Wildman–Crippen MR) is 108 cm³/mol. The van der Waals surface area contributed by atoms with E-state index in [4.69, 9.17) is 4.74 Å². The van der Waals surface area contributed by atoms with Crippen LogP contribution in [0.15, 0.2) is 46.8 Å². The molecule has 30 heavy (non-hydrogen) atoms. The Bertz CT molecular complexity index is 1040. The number of nitrogens with one attached hydrogen (secondary N) is 2. The lowest BCUT2D eigenvalue weighted by Crippen LogP contribution is -2.31. The predicted octanol–water partition coefficient (Wildman–Crippen LogP) is 2.75. The van der Waals surface area contributed by atoms with Gasteiger partial charge in [0.05, 0.1) is 23.7 Å². The molecule has 1 aliphatic rings. The lowest BCUT2D eigenvalue weighted by molar-refractivity contribution is -0.133. The fourth-order valence-electron chi connectivity index (χ4n) is 3.39. The molecule has 0 bridgehead atoms. The summed E-state index contributed by atoms with van der Waals surface area (Å²) in [6, 6.07) is 6.62. The second-order valence-corrected chi connectivity index (χ2v) is 7.32. The molecule has 2 heterocycles. The van der Waals surface area contributed by atoms with Gasteiger partial charge in [0, 0.05) is 25.8 Å². The van der Waals surface area contributed by atoms with Crippen LogP contribution in [0.1, 0.15) is 32.3 Å². The van der Waals surface area contributed by atoms with E-state index in [1.54, 1.807) is 45.0 Å². The highest BCUT2D eigenvalue weighted by Crippen LogP contribution is 2.39. The van der Waals surface area contributed by atoms with Gasteiger partial charge in [-0.15, -0.1) is 0 Å². The van der Waals surface area contributed by atoms with Crippen LogP contribution in [0.25, 0.3) is 0 Å². The molecule has 4 N–H and O–H groups in total. The SMILES string of the molecule is CCOc1n[s+]([O-])nc1Nc1cccc(C2C(C(=O)O)=C(C)NC(C)=C2C(=O)O)c1. The minimum absolute atomic E-state index is 0.0500. The molecule has 0 radical (unpaired) electrons. The first-order valence-corrected chi connectivity index (χ1v) is 10.0. The standard InChI is InChI=1S/C19H20N4O6S/c1-4-29-17-16(22-30(28)23-17)21-12-7-5-6-11(8-12)15-13(18(24)25)9(2)20-10(3)14(15)19(26)27/h5-8,15,20H,4H2,1-3H3,(H,21,22)(H,24,25)(H,26,27). The third-order valence-corrected chi connectivity index (χ3v) is 5.18. The van der Waals surface area contributed by atoms with Crippen molar-refractivity contribution in [3.8, 4) is 5.88 Å². The van der Waals surface area contributed by atoms with E-state index in [2.05, 4.69) is 19.4 Å². The lowest BCUT2D eigenvalue weighted by Gasteiger charge is -2.29. The van der Waals surface area contributed by atoms with Gasteiger partial charge in [-0.1, -0.05) is 12.1 Å². The maximum atomic E-state index is 11.9. The van der Waals surface area contributed by atoms with E-state index in [9.17, 15) is 24.4 Å². The van der Waals surface area contributed by atoms with Crippen LogP contribution in [-0.2, 0) is 9.59 Å². The van der Waals surface area contributed by atoms with Crippen LogP contribution < -0.4 is 15.4 Å². The third-order valence-electron chi connectivity index (χ3n) is 4.52. The van der Waals surface area contributed by atoms with E-state index in [1.165, 1.54) is 0 Å². The van der Waals surface area contributed by atoms with Crippen LogP contribution in [0.3, 0.4) is 0 Å². The second kappa shape index (κ2) is 8.51. The Morgan fingerprint density at radius 1 is 1.20 bits per heavy atom. The summed E-state index contributed by atoms with van der Waals surface area (Å²) < 4.78 is 24.6. The summed E-state index contributed by atoms with van der Waals surface area (Å²) in [7, 11) is 0. The summed E-state index contributed by atoms with van der Waals surface area (Å²) in [6.07, 6.45) is 0. The molecule has 0 fully saturated rings. The maximum Gasteiger partial charge on any atom is 0.334 e. The first-order chi connectivity index (χ1) is 14.2. The smallest absolute Gasteiger partial charge is 0.334 e. The number of ether oxygens (including phenoxy) is 1. The molecule has 10 nitrogen and oxygen atoms in total. The van der Waals surface area contributed by atoms with E-state index in [-0.39, 0.29) is 22.8 Å². The molecule has 0 amide bonds. The number of aliphatic carboxylic acids is 2. The van der Waals surface area contributed by atoms with E-state index in [0.717, 1.165) is 0 Å². The van der Waals surface area contributed by atoms with Crippen molar-refractivity contribution >= 4 is 34.6 Å². The van der Waals surface area contributed by atoms with Gasteiger partial charge in [-0.25, -0.2) is 9.59 Å². The number of hydrogen-bond acceptors (Lipinski definition) is 8. The normalized spacial score (nSPS) is 15.1. The van der Waals surface area contributed by atoms with Crippen LogP contribution in [0.2, 0.25) is 0 Å². The number of benzene rings is 1. The Balaban J connectivity index is 2.05. The number of nitrogens with zero attached hydrogens (tertiary/aromatic N) is 2. The van der Waals surface area contributed by atoms with Crippen LogP contribution in [0.4, 0.5) is 11.5 Å². The Labute approximate surface area is 175 Å². The minimum Gasteiger partial charge on any atom is -0.546 e. The van der Waals surface area contributed by atoms with Gasteiger partial charge in [0.1, 0.15) is 0 Å². The van der Waals surface area contributed by atoms with Gasteiger partial charge in [0.2, 0.25) is 0 Å². The Morgan fingerprint density at radius 2 is 1.83 bits per heavy atom. The number of dihydropyridines is 1. The van der Waals surface area contributed by atoms with E-state index >= 15 is 0 Å². The van der Waals surface area contributed by atoms with Crippen LogP contribution >= 0.6 is 11.1 Å². The van der Waals surface area contributed by atoms with Crippen LogP contribution in [0.5, 0.6) is 5.88 Å². The first kappa shape index (κ1) is 21.3. The van der Waals surface area contributed by atoms with E-state index in [0.29, 0.717) is 29.3 Å². The molecule has 2 aromatic rings. The number of anilines is 2.